The second-order valence-electron chi connectivity index (χ2n) is 2.67. The fraction of sp³-hybridized carbons (Fsp3) is 0.300. The van der Waals surface area contributed by atoms with Crippen LogP contribution in [0.4, 0.5) is 0 Å². The summed E-state index contributed by atoms with van der Waals surface area (Å²) in [5, 5.41) is 16.7. The van der Waals surface area contributed by atoms with Gasteiger partial charge in [-0.15, -0.1) is 11.6 Å². The second-order valence-corrected chi connectivity index (χ2v) is 3.20. The summed E-state index contributed by atoms with van der Waals surface area (Å²) in [6.45, 7) is 0.0325. The maximum Gasteiger partial charge on any atom is 0.154 e. The summed E-state index contributed by atoms with van der Waals surface area (Å²) in [7, 11) is 0. The van der Waals surface area contributed by atoms with Crippen molar-refractivity contribution in [3.8, 4) is 11.8 Å². The first-order chi connectivity index (χ1) is 6.77. The van der Waals surface area contributed by atoms with E-state index < -0.39 is 5.38 Å². The number of hydrogen-bond donors (Lipinski definition) is 1. The summed E-state index contributed by atoms with van der Waals surface area (Å²) in [6, 6.07) is 8.94. The highest BCUT2D eigenvalue weighted by atomic mass is 35.5. The van der Waals surface area contributed by atoms with Crippen LogP contribution in [-0.2, 0) is 6.61 Å². The Balaban J connectivity index is 2.63. The van der Waals surface area contributed by atoms with Gasteiger partial charge in [-0.25, -0.2) is 0 Å². The number of aliphatic hydroxyl groups excluding tert-OH is 1. The molecule has 0 bridgehead atoms. The van der Waals surface area contributed by atoms with E-state index in [9.17, 15) is 0 Å². The Morgan fingerprint density at radius 2 is 2.21 bits per heavy atom. The van der Waals surface area contributed by atoms with Gasteiger partial charge < -0.3 is 9.84 Å². The minimum Gasteiger partial charge on any atom is -0.491 e. The zero-order chi connectivity index (χ0) is 10.4. The molecule has 14 heavy (non-hydrogen) atoms. The third-order valence-corrected chi connectivity index (χ3v) is 1.89. The van der Waals surface area contributed by atoms with Crippen molar-refractivity contribution in [3.05, 3.63) is 29.8 Å². The lowest BCUT2D eigenvalue weighted by Crippen LogP contribution is -2.10. The van der Waals surface area contributed by atoms with Crippen LogP contribution in [-0.4, -0.2) is 17.1 Å². The summed E-state index contributed by atoms with van der Waals surface area (Å²) in [4.78, 5) is 0. The second kappa shape index (κ2) is 5.48. The lowest BCUT2D eigenvalue weighted by atomic mass is 10.2. The van der Waals surface area contributed by atoms with Gasteiger partial charge in [0.2, 0.25) is 0 Å². The molecule has 0 heterocycles. The van der Waals surface area contributed by atoms with Crippen LogP contribution in [0.1, 0.15) is 5.56 Å². The molecule has 0 saturated heterocycles. The number of para-hydroxylation sites is 1. The normalized spacial score (nSPS) is 11.8. The summed E-state index contributed by atoms with van der Waals surface area (Å²) >= 11 is 5.56. The minimum atomic E-state index is -0.665. The number of alkyl halides is 1. The van der Waals surface area contributed by atoms with Gasteiger partial charge in [0, 0.05) is 5.56 Å². The number of hydrogen-bond acceptors (Lipinski definition) is 3. The maximum atomic E-state index is 8.96. The predicted molar refractivity (Wildman–Crippen MR) is 53.1 cm³/mol. The average Bonchev–Trinajstić information content (AvgIpc) is 2.26. The van der Waals surface area contributed by atoms with Gasteiger partial charge in [-0.3, -0.25) is 0 Å². The lowest BCUT2D eigenvalue weighted by Gasteiger charge is -2.09. The summed E-state index contributed by atoms with van der Waals surface area (Å²) in [5.41, 5.74) is 0.689. The molecule has 0 radical (unpaired) electrons. The standard InChI is InChI=1S/C10H10ClNO2/c11-9(5-12)7-14-10-4-2-1-3-8(10)6-13/h1-4,9,13H,6-7H2. The first-order valence-electron chi connectivity index (χ1n) is 4.13. The Morgan fingerprint density at radius 3 is 2.86 bits per heavy atom. The zero-order valence-corrected chi connectivity index (χ0v) is 8.24. The number of ether oxygens (including phenoxy) is 1. The van der Waals surface area contributed by atoms with Gasteiger partial charge in [-0.05, 0) is 6.07 Å². The van der Waals surface area contributed by atoms with Gasteiger partial charge in [0.1, 0.15) is 12.4 Å². The van der Waals surface area contributed by atoms with Crippen molar-refractivity contribution in [2.45, 2.75) is 12.0 Å². The van der Waals surface area contributed by atoms with Crippen molar-refractivity contribution in [3.63, 3.8) is 0 Å². The molecule has 0 aliphatic rings. The molecule has 0 saturated carbocycles. The number of nitrogens with zero attached hydrogens (tertiary/aromatic N) is 1. The molecule has 1 aromatic carbocycles. The first kappa shape index (κ1) is 10.8. The summed E-state index contributed by atoms with van der Waals surface area (Å²) < 4.78 is 5.27. The van der Waals surface area contributed by atoms with Crippen molar-refractivity contribution in [1.29, 1.82) is 5.26 Å². The Labute approximate surface area is 87.5 Å². The van der Waals surface area contributed by atoms with Gasteiger partial charge in [0.15, 0.2) is 5.38 Å². The van der Waals surface area contributed by atoms with Crippen molar-refractivity contribution in [1.82, 2.24) is 0 Å². The van der Waals surface area contributed by atoms with Crippen LogP contribution in [0.5, 0.6) is 5.75 Å². The van der Waals surface area contributed by atoms with E-state index in [2.05, 4.69) is 0 Å². The van der Waals surface area contributed by atoms with Crippen molar-refractivity contribution < 1.29 is 9.84 Å². The molecule has 1 N–H and O–H groups in total. The highest BCUT2D eigenvalue weighted by Crippen LogP contribution is 2.18. The predicted octanol–water partition coefficient (Wildman–Crippen LogP) is 1.69. The largest absolute Gasteiger partial charge is 0.491 e. The topological polar surface area (TPSA) is 53.2 Å². The first-order valence-corrected chi connectivity index (χ1v) is 4.57. The van der Waals surface area contributed by atoms with E-state index >= 15 is 0 Å². The number of aliphatic hydroxyl groups is 1. The monoisotopic (exact) mass is 211 g/mol. The molecular formula is C10H10ClNO2. The smallest absolute Gasteiger partial charge is 0.154 e. The van der Waals surface area contributed by atoms with Crippen LogP contribution in [0, 0.1) is 11.3 Å². The SMILES string of the molecule is N#CC(Cl)COc1ccccc1CO. The fourth-order valence-electron chi connectivity index (χ4n) is 0.975. The molecule has 1 unspecified atom stereocenters. The zero-order valence-electron chi connectivity index (χ0n) is 7.48. The molecule has 1 atom stereocenters. The summed E-state index contributed by atoms with van der Waals surface area (Å²) in [5.74, 6) is 0.566. The molecule has 0 aliphatic carbocycles. The van der Waals surface area contributed by atoms with Gasteiger partial charge in [0.25, 0.3) is 0 Å². The number of halogens is 1. The van der Waals surface area contributed by atoms with E-state index in [0.717, 1.165) is 0 Å². The molecule has 4 heteroatoms. The molecule has 0 amide bonds. The lowest BCUT2D eigenvalue weighted by molar-refractivity contribution is 0.265. The van der Waals surface area contributed by atoms with Crippen molar-refractivity contribution in [2.24, 2.45) is 0 Å². The molecule has 1 rings (SSSR count). The van der Waals surface area contributed by atoms with Crippen LogP contribution >= 0.6 is 11.6 Å². The maximum absolute atomic E-state index is 8.96. The van der Waals surface area contributed by atoms with Crippen molar-refractivity contribution in [2.75, 3.05) is 6.61 Å². The molecule has 3 nitrogen and oxygen atoms in total. The van der Waals surface area contributed by atoms with E-state index in [4.69, 9.17) is 26.7 Å². The molecule has 0 aliphatic heterocycles. The number of nitriles is 1. The molecule has 74 valence electrons. The van der Waals surface area contributed by atoms with Crippen LogP contribution in [0.25, 0.3) is 0 Å². The molecule has 0 spiro atoms. The minimum absolute atomic E-state index is 0.0876. The Morgan fingerprint density at radius 1 is 1.50 bits per heavy atom. The van der Waals surface area contributed by atoms with Crippen molar-refractivity contribution >= 4 is 11.6 Å². The van der Waals surface area contributed by atoms with Crippen LogP contribution in [0.3, 0.4) is 0 Å². The number of rotatable bonds is 4. The van der Waals surface area contributed by atoms with E-state index in [1.165, 1.54) is 0 Å². The fourth-order valence-corrected chi connectivity index (χ4v) is 1.04. The third kappa shape index (κ3) is 2.91. The highest BCUT2D eigenvalue weighted by Gasteiger charge is 2.05. The van der Waals surface area contributed by atoms with E-state index in [0.29, 0.717) is 11.3 Å². The van der Waals surface area contributed by atoms with Gasteiger partial charge in [0.05, 0.1) is 12.7 Å². The highest BCUT2D eigenvalue weighted by molar-refractivity contribution is 6.22. The van der Waals surface area contributed by atoms with Crippen LogP contribution in [0.2, 0.25) is 0 Å². The molecule has 0 aromatic heterocycles. The average molecular weight is 212 g/mol. The van der Waals surface area contributed by atoms with Gasteiger partial charge in [-0.2, -0.15) is 5.26 Å². The molecule has 1 aromatic rings. The Hall–Kier alpha value is -1.24. The quantitative estimate of drug-likeness (QED) is 0.772. The van der Waals surface area contributed by atoms with Gasteiger partial charge in [-0.1, -0.05) is 18.2 Å². The van der Waals surface area contributed by atoms with E-state index in [-0.39, 0.29) is 13.2 Å². The number of benzene rings is 1. The molecule has 0 fully saturated rings. The molecular weight excluding hydrogens is 202 g/mol. The van der Waals surface area contributed by atoms with Crippen LogP contribution in [0.15, 0.2) is 24.3 Å². The summed E-state index contributed by atoms with van der Waals surface area (Å²) in [6.07, 6.45) is 0. The Kier molecular flexibility index (Phi) is 4.24. The third-order valence-electron chi connectivity index (χ3n) is 1.67. The van der Waals surface area contributed by atoms with E-state index in [1.54, 1.807) is 24.3 Å². The van der Waals surface area contributed by atoms with Gasteiger partial charge >= 0.3 is 0 Å². The Bertz CT molecular complexity index is 335. The van der Waals surface area contributed by atoms with E-state index in [1.807, 2.05) is 6.07 Å². The van der Waals surface area contributed by atoms with Crippen LogP contribution < -0.4 is 4.74 Å².